The largest absolute Gasteiger partial charge is 0.339 e. The summed E-state index contributed by atoms with van der Waals surface area (Å²) in [5.74, 6) is 0.789. The van der Waals surface area contributed by atoms with Crippen molar-refractivity contribution in [3.8, 4) is 0 Å². The smallest absolute Gasteiger partial charge is 0.236 e. The summed E-state index contributed by atoms with van der Waals surface area (Å²) in [6.07, 6.45) is 7.00. The molecule has 0 N–H and O–H groups in total. The van der Waals surface area contributed by atoms with Crippen molar-refractivity contribution in [2.45, 2.75) is 57.5 Å². The Morgan fingerprint density at radius 2 is 1.57 bits per heavy atom. The third-order valence-corrected chi connectivity index (χ3v) is 6.76. The first kappa shape index (κ1) is 19.4. The van der Waals surface area contributed by atoms with Crippen LogP contribution in [0.15, 0.2) is 30.3 Å². The summed E-state index contributed by atoms with van der Waals surface area (Å²) in [6.45, 7) is 5.45. The lowest BCUT2D eigenvalue weighted by Gasteiger charge is -2.39. The van der Waals surface area contributed by atoms with E-state index in [0.717, 1.165) is 12.8 Å². The van der Waals surface area contributed by atoms with Gasteiger partial charge in [0.2, 0.25) is 11.8 Å². The number of rotatable bonds is 6. The summed E-state index contributed by atoms with van der Waals surface area (Å²) < 4.78 is 0. The maximum absolute atomic E-state index is 13.1. The van der Waals surface area contributed by atoms with E-state index in [1.165, 1.54) is 31.2 Å². The van der Waals surface area contributed by atoms with Gasteiger partial charge in [-0.15, -0.1) is 0 Å². The lowest BCUT2D eigenvalue weighted by Crippen LogP contribution is -2.53. The Bertz CT molecular complexity index is 674. The van der Waals surface area contributed by atoms with Gasteiger partial charge in [0.1, 0.15) is 0 Å². The molecule has 152 valence electrons. The van der Waals surface area contributed by atoms with Gasteiger partial charge in [-0.25, -0.2) is 0 Å². The zero-order chi connectivity index (χ0) is 19.5. The topological polar surface area (TPSA) is 43.9 Å². The molecule has 1 heterocycles. The maximum Gasteiger partial charge on any atom is 0.236 e. The van der Waals surface area contributed by atoms with Crippen molar-refractivity contribution < 1.29 is 9.59 Å². The Morgan fingerprint density at radius 3 is 2.18 bits per heavy atom. The summed E-state index contributed by atoms with van der Waals surface area (Å²) in [5, 5.41) is 0. The number of hydrogen-bond acceptors (Lipinski definition) is 3. The average molecular weight is 384 g/mol. The van der Waals surface area contributed by atoms with E-state index in [1.807, 2.05) is 15.9 Å². The predicted molar refractivity (Wildman–Crippen MR) is 110 cm³/mol. The molecule has 1 aromatic carbocycles. The third-order valence-electron chi connectivity index (χ3n) is 6.76. The third kappa shape index (κ3) is 4.40. The van der Waals surface area contributed by atoms with E-state index in [2.05, 4.69) is 36.1 Å². The van der Waals surface area contributed by atoms with Crippen LogP contribution in [0.3, 0.4) is 0 Å². The molecule has 1 atom stereocenters. The molecule has 28 heavy (non-hydrogen) atoms. The van der Waals surface area contributed by atoms with E-state index < -0.39 is 0 Å². The van der Waals surface area contributed by atoms with Gasteiger partial charge < -0.3 is 9.80 Å². The van der Waals surface area contributed by atoms with Gasteiger partial charge in [-0.3, -0.25) is 14.5 Å². The van der Waals surface area contributed by atoms with Crippen molar-refractivity contribution in [2.75, 3.05) is 32.7 Å². The number of piperazine rings is 1. The Balaban J connectivity index is 1.37. The Morgan fingerprint density at radius 1 is 0.964 bits per heavy atom. The van der Waals surface area contributed by atoms with E-state index in [4.69, 9.17) is 0 Å². The average Bonchev–Trinajstić information content (AvgIpc) is 3.46. The molecule has 1 unspecified atom stereocenters. The zero-order valence-corrected chi connectivity index (χ0v) is 17.1. The first-order chi connectivity index (χ1) is 13.6. The van der Waals surface area contributed by atoms with Crippen LogP contribution in [0.25, 0.3) is 0 Å². The fraction of sp³-hybridized carbons (Fsp3) is 0.652. The summed E-state index contributed by atoms with van der Waals surface area (Å²) in [7, 11) is 0. The summed E-state index contributed by atoms with van der Waals surface area (Å²) in [4.78, 5) is 31.7. The molecule has 3 fully saturated rings. The molecule has 2 aliphatic carbocycles. The Kier molecular flexibility index (Phi) is 6.00. The molecule has 1 saturated heterocycles. The number of carbonyl (C=O) groups excluding carboxylic acids is 2. The van der Waals surface area contributed by atoms with Crippen molar-refractivity contribution in [3.05, 3.63) is 35.9 Å². The van der Waals surface area contributed by atoms with Crippen LogP contribution in [0.2, 0.25) is 0 Å². The Labute approximate surface area is 168 Å². The standard InChI is InChI=1S/C23H33N3O2/c1-18(19-7-3-2-4-8-19)26(21-9-5-6-10-21)17-22(27)24-13-15-25(16-14-24)23(28)20-11-12-20/h2-4,7-8,18,20-21H,5-6,9-17H2,1H3. The van der Waals surface area contributed by atoms with Crippen LogP contribution < -0.4 is 0 Å². The van der Waals surface area contributed by atoms with Crippen LogP contribution in [-0.2, 0) is 9.59 Å². The van der Waals surface area contributed by atoms with Crippen LogP contribution in [-0.4, -0.2) is 65.3 Å². The van der Waals surface area contributed by atoms with Gasteiger partial charge in [-0.1, -0.05) is 43.2 Å². The van der Waals surface area contributed by atoms with Gasteiger partial charge in [0, 0.05) is 44.2 Å². The molecule has 1 aromatic rings. The predicted octanol–water partition coefficient (Wildman–Crippen LogP) is 3.07. The molecular formula is C23H33N3O2. The van der Waals surface area contributed by atoms with Gasteiger partial charge in [-0.05, 0) is 38.2 Å². The molecule has 2 amide bonds. The minimum Gasteiger partial charge on any atom is -0.339 e. The normalized spacial score (nSPS) is 21.9. The van der Waals surface area contributed by atoms with Crippen molar-refractivity contribution in [1.29, 1.82) is 0 Å². The number of nitrogens with zero attached hydrogens (tertiary/aromatic N) is 3. The highest BCUT2D eigenvalue weighted by atomic mass is 16.2. The van der Waals surface area contributed by atoms with E-state index in [9.17, 15) is 9.59 Å². The fourth-order valence-electron chi connectivity index (χ4n) is 4.76. The van der Waals surface area contributed by atoms with Crippen molar-refractivity contribution in [3.63, 3.8) is 0 Å². The van der Waals surface area contributed by atoms with Gasteiger partial charge in [-0.2, -0.15) is 0 Å². The molecule has 2 saturated carbocycles. The summed E-state index contributed by atoms with van der Waals surface area (Å²) in [6, 6.07) is 11.3. The second kappa shape index (κ2) is 8.64. The highest BCUT2D eigenvalue weighted by Crippen LogP contribution is 2.32. The first-order valence-electron chi connectivity index (χ1n) is 11.0. The quantitative estimate of drug-likeness (QED) is 0.758. The van der Waals surface area contributed by atoms with Gasteiger partial charge in [0.05, 0.1) is 6.54 Å². The van der Waals surface area contributed by atoms with Crippen LogP contribution in [0.1, 0.15) is 57.1 Å². The van der Waals surface area contributed by atoms with Crippen LogP contribution in [0.4, 0.5) is 0 Å². The zero-order valence-electron chi connectivity index (χ0n) is 17.1. The van der Waals surface area contributed by atoms with Crippen LogP contribution in [0.5, 0.6) is 0 Å². The summed E-state index contributed by atoms with van der Waals surface area (Å²) in [5.41, 5.74) is 1.28. The molecule has 0 spiro atoms. The van der Waals surface area contributed by atoms with E-state index in [1.54, 1.807) is 0 Å². The Hall–Kier alpha value is -1.88. The molecular weight excluding hydrogens is 350 g/mol. The van der Waals surface area contributed by atoms with E-state index in [0.29, 0.717) is 44.7 Å². The molecule has 3 aliphatic rings. The number of hydrogen-bond donors (Lipinski definition) is 0. The molecule has 1 aliphatic heterocycles. The molecule has 5 nitrogen and oxygen atoms in total. The molecule has 4 rings (SSSR count). The van der Waals surface area contributed by atoms with E-state index in [-0.39, 0.29) is 17.9 Å². The maximum atomic E-state index is 13.1. The van der Waals surface area contributed by atoms with Crippen LogP contribution in [0, 0.1) is 5.92 Å². The minimum absolute atomic E-state index is 0.216. The second-order valence-electron chi connectivity index (χ2n) is 8.68. The van der Waals surface area contributed by atoms with Crippen molar-refractivity contribution in [2.24, 2.45) is 5.92 Å². The van der Waals surface area contributed by atoms with Gasteiger partial charge in [0.25, 0.3) is 0 Å². The molecule has 5 heteroatoms. The highest BCUT2D eigenvalue weighted by molar-refractivity contribution is 5.82. The minimum atomic E-state index is 0.216. The van der Waals surface area contributed by atoms with E-state index >= 15 is 0 Å². The van der Waals surface area contributed by atoms with Crippen molar-refractivity contribution >= 4 is 11.8 Å². The van der Waals surface area contributed by atoms with Crippen LogP contribution >= 0.6 is 0 Å². The second-order valence-corrected chi connectivity index (χ2v) is 8.68. The van der Waals surface area contributed by atoms with Crippen molar-refractivity contribution in [1.82, 2.24) is 14.7 Å². The van der Waals surface area contributed by atoms with Gasteiger partial charge in [0.15, 0.2) is 0 Å². The molecule has 0 aromatic heterocycles. The lowest BCUT2D eigenvalue weighted by atomic mass is 10.0. The summed E-state index contributed by atoms with van der Waals surface area (Å²) >= 11 is 0. The van der Waals surface area contributed by atoms with Gasteiger partial charge >= 0.3 is 0 Å². The number of benzene rings is 1. The fourth-order valence-corrected chi connectivity index (χ4v) is 4.76. The molecule has 0 radical (unpaired) electrons. The molecule has 0 bridgehead atoms. The monoisotopic (exact) mass is 383 g/mol. The lowest BCUT2D eigenvalue weighted by molar-refractivity contribution is -0.141. The first-order valence-corrected chi connectivity index (χ1v) is 11.0. The highest BCUT2D eigenvalue weighted by Gasteiger charge is 2.36. The SMILES string of the molecule is CC(c1ccccc1)N(CC(=O)N1CCN(C(=O)C2CC2)CC1)C1CCCC1. The number of amides is 2. The number of carbonyl (C=O) groups is 2.